The van der Waals surface area contributed by atoms with Gasteiger partial charge in [-0.15, -0.1) is 0 Å². The number of rotatable bonds is 8. The monoisotopic (exact) mass is 628 g/mol. The Labute approximate surface area is 249 Å². The van der Waals surface area contributed by atoms with Crippen LogP contribution in [0, 0.1) is 0 Å². The van der Waals surface area contributed by atoms with Crippen molar-refractivity contribution in [2.45, 2.75) is 37.8 Å². The number of sulfonamides is 1. The molecule has 2 atom stereocenters. The molecule has 2 aliphatic heterocycles. The molecular weight excluding hydrogens is 599 g/mol. The third kappa shape index (κ3) is 6.12. The number of carbonyl (C=O) groups is 2. The first-order valence-corrected chi connectivity index (χ1v) is 15.5. The molecule has 0 radical (unpaired) electrons. The molecule has 2 aliphatic rings. The van der Waals surface area contributed by atoms with Crippen molar-refractivity contribution in [3.63, 3.8) is 0 Å². The number of hydrogen-bond donors (Lipinski definition) is 1. The van der Waals surface area contributed by atoms with E-state index in [1.807, 2.05) is 18.7 Å². The van der Waals surface area contributed by atoms with Crippen LogP contribution in [0.3, 0.4) is 0 Å². The summed E-state index contributed by atoms with van der Waals surface area (Å²) in [7, 11) is -3.73. The summed E-state index contributed by atoms with van der Waals surface area (Å²) in [6, 6.07) is 9.50. The zero-order valence-electron chi connectivity index (χ0n) is 22.4. The van der Waals surface area contributed by atoms with Gasteiger partial charge in [0.25, 0.3) is 0 Å². The molecule has 4 rings (SSSR count). The normalized spacial score (nSPS) is 20.9. The van der Waals surface area contributed by atoms with Gasteiger partial charge in [0, 0.05) is 49.5 Å². The zero-order valence-corrected chi connectivity index (χ0v) is 25.4. The summed E-state index contributed by atoms with van der Waals surface area (Å²) in [6.45, 7) is 7.03. The standard InChI is InChI=1S/C27H31Cl3N4O5S/c1-4-33-22(16-32-13-14-34(17(3)15-32)40(37,38)19-11-9-18(28)10-12-19)23(26(35)39-5-2)25(31-27(33)36)20-7-6-8-21(29)24(20)30/h6-12,17,25H,4-5,13-16H2,1-3H3,(H,31,36)/t17-,25+/m1/s1. The van der Waals surface area contributed by atoms with Gasteiger partial charge in [0.2, 0.25) is 10.0 Å². The van der Waals surface area contributed by atoms with Crippen molar-refractivity contribution in [2.75, 3.05) is 39.3 Å². The first-order chi connectivity index (χ1) is 19.0. The Morgan fingerprint density at radius 3 is 2.40 bits per heavy atom. The molecule has 0 unspecified atom stereocenters. The summed E-state index contributed by atoms with van der Waals surface area (Å²) in [5.41, 5.74) is 1.22. The fourth-order valence-corrected chi connectivity index (χ4v) is 7.26. The Balaban J connectivity index is 1.68. The van der Waals surface area contributed by atoms with Crippen LogP contribution in [0.4, 0.5) is 4.79 Å². The number of nitrogens with one attached hydrogen (secondary N) is 1. The highest BCUT2D eigenvalue weighted by atomic mass is 35.5. The summed E-state index contributed by atoms with van der Waals surface area (Å²) in [5, 5.41) is 3.87. The number of ether oxygens (including phenoxy) is 1. The van der Waals surface area contributed by atoms with Crippen molar-refractivity contribution < 1.29 is 22.7 Å². The highest BCUT2D eigenvalue weighted by Gasteiger charge is 2.41. The van der Waals surface area contributed by atoms with Gasteiger partial charge in [-0.1, -0.05) is 46.9 Å². The first kappa shape index (κ1) is 30.6. The van der Waals surface area contributed by atoms with E-state index < -0.39 is 22.0 Å². The highest BCUT2D eigenvalue weighted by Crippen LogP contribution is 2.38. The topological polar surface area (TPSA) is 99.3 Å². The predicted octanol–water partition coefficient (Wildman–Crippen LogP) is 4.95. The van der Waals surface area contributed by atoms with E-state index in [0.717, 1.165) is 0 Å². The van der Waals surface area contributed by atoms with Gasteiger partial charge in [-0.25, -0.2) is 18.0 Å². The Morgan fingerprint density at radius 2 is 1.77 bits per heavy atom. The minimum absolute atomic E-state index is 0.143. The van der Waals surface area contributed by atoms with Gasteiger partial charge in [0.15, 0.2) is 0 Å². The van der Waals surface area contributed by atoms with Gasteiger partial charge < -0.3 is 10.1 Å². The van der Waals surface area contributed by atoms with Crippen LogP contribution in [-0.2, 0) is 19.6 Å². The number of amides is 2. The van der Waals surface area contributed by atoms with Crippen LogP contribution in [0.15, 0.2) is 58.6 Å². The molecule has 1 fully saturated rings. The molecule has 13 heteroatoms. The minimum Gasteiger partial charge on any atom is -0.463 e. The fraction of sp³-hybridized carbons (Fsp3) is 0.407. The Morgan fingerprint density at radius 1 is 1.07 bits per heavy atom. The smallest absolute Gasteiger partial charge is 0.338 e. The number of esters is 1. The maximum Gasteiger partial charge on any atom is 0.338 e. The largest absolute Gasteiger partial charge is 0.463 e. The fourth-order valence-electron chi connectivity index (χ4n) is 5.11. The zero-order chi connectivity index (χ0) is 29.2. The van der Waals surface area contributed by atoms with Gasteiger partial charge in [-0.2, -0.15) is 4.31 Å². The van der Waals surface area contributed by atoms with Crippen LogP contribution in [0.5, 0.6) is 0 Å². The molecule has 2 amide bonds. The van der Waals surface area contributed by atoms with Crippen LogP contribution >= 0.6 is 34.8 Å². The molecule has 0 saturated carbocycles. The van der Waals surface area contributed by atoms with Gasteiger partial charge in [0.1, 0.15) is 0 Å². The second kappa shape index (κ2) is 12.7. The number of urea groups is 1. The average Bonchev–Trinajstić information content (AvgIpc) is 2.90. The van der Waals surface area contributed by atoms with Crippen LogP contribution in [0.1, 0.15) is 32.4 Å². The second-order valence-electron chi connectivity index (χ2n) is 9.50. The third-order valence-corrected chi connectivity index (χ3v) is 10.1. The Bertz CT molecular complexity index is 1420. The molecule has 1 N–H and O–H groups in total. The summed E-state index contributed by atoms with van der Waals surface area (Å²) in [4.78, 5) is 30.3. The van der Waals surface area contributed by atoms with Crippen molar-refractivity contribution in [1.82, 2.24) is 19.4 Å². The van der Waals surface area contributed by atoms with Crippen LogP contribution < -0.4 is 5.32 Å². The molecule has 0 spiro atoms. The Kier molecular flexibility index (Phi) is 9.70. The predicted molar refractivity (Wildman–Crippen MR) is 155 cm³/mol. The number of carbonyl (C=O) groups excluding carboxylic acids is 2. The van der Waals surface area contributed by atoms with Gasteiger partial charge in [0.05, 0.1) is 33.2 Å². The van der Waals surface area contributed by atoms with E-state index in [2.05, 4.69) is 5.32 Å². The number of benzene rings is 2. The first-order valence-electron chi connectivity index (χ1n) is 12.9. The van der Waals surface area contributed by atoms with Gasteiger partial charge in [-0.3, -0.25) is 9.80 Å². The van der Waals surface area contributed by atoms with E-state index in [4.69, 9.17) is 39.5 Å². The van der Waals surface area contributed by atoms with Crippen LogP contribution in [0.2, 0.25) is 15.1 Å². The lowest BCUT2D eigenvalue weighted by Gasteiger charge is -2.42. The molecule has 2 aromatic carbocycles. The molecule has 2 heterocycles. The molecule has 216 valence electrons. The highest BCUT2D eigenvalue weighted by molar-refractivity contribution is 7.89. The average molecular weight is 630 g/mol. The van der Waals surface area contributed by atoms with Crippen molar-refractivity contribution in [3.8, 4) is 0 Å². The molecule has 2 aromatic rings. The molecule has 0 aliphatic carbocycles. The summed E-state index contributed by atoms with van der Waals surface area (Å²) in [5.74, 6) is -0.575. The Hall–Kier alpha value is -2.34. The van der Waals surface area contributed by atoms with E-state index >= 15 is 0 Å². The van der Waals surface area contributed by atoms with Crippen molar-refractivity contribution >= 4 is 56.8 Å². The van der Waals surface area contributed by atoms with E-state index in [0.29, 0.717) is 40.9 Å². The van der Waals surface area contributed by atoms with E-state index in [1.54, 1.807) is 37.3 Å². The minimum atomic E-state index is -3.73. The quantitative estimate of drug-likeness (QED) is 0.415. The number of hydrogen-bond acceptors (Lipinski definition) is 6. The number of piperazine rings is 1. The van der Waals surface area contributed by atoms with Crippen molar-refractivity contribution in [3.05, 3.63) is 74.4 Å². The second-order valence-corrected chi connectivity index (χ2v) is 12.6. The molecule has 1 saturated heterocycles. The number of nitrogens with zero attached hydrogens (tertiary/aromatic N) is 3. The summed E-state index contributed by atoms with van der Waals surface area (Å²) < 4.78 is 33.5. The summed E-state index contributed by atoms with van der Waals surface area (Å²) in [6.07, 6.45) is 0. The molecular formula is C27H31Cl3N4O5S. The van der Waals surface area contributed by atoms with Crippen molar-refractivity contribution in [2.24, 2.45) is 0 Å². The van der Waals surface area contributed by atoms with Gasteiger partial charge in [-0.05, 0) is 56.7 Å². The molecule has 0 bridgehead atoms. The van der Waals surface area contributed by atoms with E-state index in [9.17, 15) is 18.0 Å². The maximum absolute atomic E-state index is 13.4. The molecule has 0 aromatic heterocycles. The SMILES string of the molecule is CCOC(=O)C1=C(CN2CCN(S(=O)(=O)c3ccc(Cl)cc3)[C@H](C)C2)N(CC)C(=O)N[C@H]1c1cccc(Cl)c1Cl. The third-order valence-electron chi connectivity index (χ3n) is 6.99. The van der Waals surface area contributed by atoms with Crippen LogP contribution in [0.25, 0.3) is 0 Å². The van der Waals surface area contributed by atoms with Gasteiger partial charge >= 0.3 is 12.0 Å². The number of halogens is 3. The summed E-state index contributed by atoms with van der Waals surface area (Å²) >= 11 is 18.7. The van der Waals surface area contributed by atoms with E-state index in [-0.39, 0.29) is 47.3 Å². The number of likely N-dealkylation sites (N-methyl/N-ethyl adjacent to an activating group) is 1. The molecule has 9 nitrogen and oxygen atoms in total. The lowest BCUT2D eigenvalue weighted by Crippen LogP contribution is -2.56. The molecule has 40 heavy (non-hydrogen) atoms. The van der Waals surface area contributed by atoms with Crippen LogP contribution in [-0.4, -0.2) is 79.9 Å². The lowest BCUT2D eigenvalue weighted by atomic mass is 9.94. The van der Waals surface area contributed by atoms with Crippen molar-refractivity contribution in [1.29, 1.82) is 0 Å². The maximum atomic E-state index is 13.4. The lowest BCUT2D eigenvalue weighted by molar-refractivity contribution is -0.139. The van der Waals surface area contributed by atoms with E-state index in [1.165, 1.54) is 21.3 Å².